The zero-order valence-corrected chi connectivity index (χ0v) is 26.3. The van der Waals surface area contributed by atoms with Crippen LogP contribution in [0.5, 0.6) is 11.5 Å². The number of likely N-dealkylation sites (tertiary alicyclic amines) is 1. The number of hydrogen-bond acceptors (Lipinski definition) is 4. The minimum absolute atomic E-state index is 0.0952. The first kappa shape index (κ1) is 29.6. The summed E-state index contributed by atoms with van der Waals surface area (Å²) in [5, 5.41) is 2.92. The van der Waals surface area contributed by atoms with E-state index in [-0.39, 0.29) is 24.3 Å². The molecule has 0 unspecified atom stereocenters. The maximum atomic E-state index is 13.9. The van der Waals surface area contributed by atoms with Crippen molar-refractivity contribution in [2.45, 2.75) is 42.4 Å². The lowest BCUT2D eigenvalue weighted by molar-refractivity contribution is -0.140. The SMILES string of the molecule is Cc1ccccc1Oc1ccc(NC(=O)CCCCCN2C(=O)[C@@H]3[C@@H](C2=O)C2(Cl)c4ccccc4C3(Cl)c3ccccc32)cc1. The Bertz CT molecular complexity index is 1700. The van der Waals surface area contributed by atoms with Crippen LogP contribution in [0, 0.1) is 18.8 Å². The molecule has 0 aromatic heterocycles. The van der Waals surface area contributed by atoms with Gasteiger partial charge in [0.15, 0.2) is 0 Å². The van der Waals surface area contributed by atoms with E-state index >= 15 is 0 Å². The largest absolute Gasteiger partial charge is 0.457 e. The second-order valence-electron chi connectivity index (χ2n) is 12.0. The van der Waals surface area contributed by atoms with Gasteiger partial charge in [-0.2, -0.15) is 0 Å². The molecular formula is C37H32Cl2N2O4. The monoisotopic (exact) mass is 638 g/mol. The Morgan fingerprint density at radius 2 is 1.24 bits per heavy atom. The van der Waals surface area contributed by atoms with E-state index < -0.39 is 21.6 Å². The van der Waals surface area contributed by atoms with Crippen LogP contribution in [0.3, 0.4) is 0 Å². The fraction of sp³-hybridized carbons (Fsp3) is 0.270. The number of amides is 3. The van der Waals surface area contributed by atoms with E-state index in [1.165, 1.54) is 4.90 Å². The number of benzene rings is 4. The van der Waals surface area contributed by atoms with Crippen molar-refractivity contribution in [3.8, 4) is 11.5 Å². The molecule has 4 aromatic carbocycles. The number of anilines is 1. The second-order valence-corrected chi connectivity index (χ2v) is 13.2. The average molecular weight is 640 g/mol. The number of ether oxygens (including phenoxy) is 1. The number of nitrogens with zero attached hydrogens (tertiary/aromatic N) is 1. The lowest BCUT2D eigenvalue weighted by Crippen LogP contribution is -2.57. The van der Waals surface area contributed by atoms with Crippen molar-refractivity contribution in [2.75, 3.05) is 11.9 Å². The predicted molar refractivity (Wildman–Crippen MR) is 175 cm³/mol. The third-order valence-corrected chi connectivity index (χ3v) is 10.7. The molecule has 8 rings (SSSR count). The summed E-state index contributed by atoms with van der Waals surface area (Å²) in [6.45, 7) is 2.25. The number of para-hydroxylation sites is 1. The van der Waals surface area contributed by atoms with Gasteiger partial charge in [-0.25, -0.2) is 0 Å². The summed E-state index contributed by atoms with van der Waals surface area (Å²) in [5.41, 5.74) is 4.91. The normalized spacial score (nSPS) is 24.2. The minimum Gasteiger partial charge on any atom is -0.457 e. The van der Waals surface area contributed by atoms with E-state index in [4.69, 9.17) is 27.9 Å². The van der Waals surface area contributed by atoms with Crippen LogP contribution in [0.25, 0.3) is 0 Å². The Hall–Kier alpha value is -4.13. The summed E-state index contributed by atoms with van der Waals surface area (Å²) in [5.74, 6) is -0.738. The number of carbonyl (C=O) groups excluding carboxylic acids is 3. The molecule has 1 fully saturated rings. The molecule has 228 valence electrons. The lowest BCUT2D eigenvalue weighted by atomic mass is 9.54. The van der Waals surface area contributed by atoms with Crippen LogP contribution in [0.4, 0.5) is 5.69 Å². The Balaban J connectivity index is 0.957. The first-order chi connectivity index (χ1) is 21.7. The number of imide groups is 1. The molecule has 3 aliphatic carbocycles. The highest BCUT2D eigenvalue weighted by Gasteiger charge is 2.72. The lowest BCUT2D eigenvalue weighted by Gasteiger charge is -2.54. The number of rotatable bonds is 9. The fourth-order valence-corrected chi connectivity index (χ4v) is 8.40. The van der Waals surface area contributed by atoms with Gasteiger partial charge in [0.1, 0.15) is 21.2 Å². The van der Waals surface area contributed by atoms with Crippen LogP contribution in [0.2, 0.25) is 0 Å². The zero-order chi connectivity index (χ0) is 31.3. The van der Waals surface area contributed by atoms with E-state index in [0.717, 1.165) is 33.6 Å². The topological polar surface area (TPSA) is 75.7 Å². The summed E-state index contributed by atoms with van der Waals surface area (Å²) in [6.07, 6.45) is 2.22. The summed E-state index contributed by atoms with van der Waals surface area (Å²) >= 11 is 14.9. The summed E-state index contributed by atoms with van der Waals surface area (Å²) in [6, 6.07) is 30.3. The van der Waals surface area contributed by atoms with Gasteiger partial charge in [-0.1, -0.05) is 73.2 Å². The van der Waals surface area contributed by atoms with Gasteiger partial charge in [-0.05, 0) is 77.9 Å². The van der Waals surface area contributed by atoms with Crippen molar-refractivity contribution in [3.63, 3.8) is 0 Å². The first-order valence-corrected chi connectivity index (χ1v) is 16.1. The molecule has 1 N–H and O–H groups in total. The van der Waals surface area contributed by atoms with Crippen LogP contribution < -0.4 is 10.1 Å². The Morgan fingerprint density at radius 1 is 0.733 bits per heavy atom. The zero-order valence-electron chi connectivity index (χ0n) is 24.8. The fourth-order valence-electron chi connectivity index (χ4n) is 7.31. The van der Waals surface area contributed by atoms with Gasteiger partial charge in [0.25, 0.3) is 0 Å². The molecule has 45 heavy (non-hydrogen) atoms. The van der Waals surface area contributed by atoms with Gasteiger partial charge < -0.3 is 10.1 Å². The highest BCUT2D eigenvalue weighted by atomic mass is 35.5. The highest BCUT2D eigenvalue weighted by Crippen LogP contribution is 2.69. The molecule has 0 radical (unpaired) electrons. The molecule has 2 atom stereocenters. The van der Waals surface area contributed by atoms with Gasteiger partial charge in [0.05, 0.1) is 11.8 Å². The van der Waals surface area contributed by atoms with Crippen LogP contribution in [0.1, 0.15) is 53.5 Å². The summed E-state index contributed by atoms with van der Waals surface area (Å²) < 4.78 is 5.93. The Labute approximate surface area is 272 Å². The molecule has 1 aliphatic heterocycles. The van der Waals surface area contributed by atoms with Gasteiger partial charge in [-0.15, -0.1) is 23.2 Å². The number of carbonyl (C=O) groups is 3. The number of halogens is 2. The maximum Gasteiger partial charge on any atom is 0.235 e. The minimum atomic E-state index is -1.17. The third-order valence-electron chi connectivity index (χ3n) is 9.42. The molecule has 8 heteroatoms. The molecule has 0 spiro atoms. The van der Waals surface area contributed by atoms with Crippen molar-refractivity contribution in [1.82, 2.24) is 4.90 Å². The van der Waals surface area contributed by atoms with E-state index in [0.29, 0.717) is 37.1 Å². The van der Waals surface area contributed by atoms with Crippen LogP contribution in [-0.2, 0) is 24.1 Å². The third kappa shape index (κ3) is 4.65. The van der Waals surface area contributed by atoms with Gasteiger partial charge in [0.2, 0.25) is 17.7 Å². The molecule has 1 saturated heterocycles. The van der Waals surface area contributed by atoms with Gasteiger partial charge in [0, 0.05) is 18.7 Å². The molecule has 3 amide bonds. The number of hydrogen-bond donors (Lipinski definition) is 1. The van der Waals surface area contributed by atoms with Crippen molar-refractivity contribution in [2.24, 2.45) is 11.8 Å². The van der Waals surface area contributed by atoms with Crippen LogP contribution in [0.15, 0.2) is 97.1 Å². The maximum absolute atomic E-state index is 13.9. The van der Waals surface area contributed by atoms with E-state index in [1.807, 2.05) is 104 Å². The van der Waals surface area contributed by atoms with Crippen molar-refractivity contribution in [3.05, 3.63) is 125 Å². The molecule has 6 nitrogen and oxygen atoms in total. The van der Waals surface area contributed by atoms with Crippen molar-refractivity contribution in [1.29, 1.82) is 0 Å². The van der Waals surface area contributed by atoms with Crippen LogP contribution >= 0.6 is 23.2 Å². The highest BCUT2D eigenvalue weighted by molar-refractivity contribution is 6.36. The molecule has 4 aromatic rings. The molecule has 0 saturated carbocycles. The van der Waals surface area contributed by atoms with Crippen LogP contribution in [-0.4, -0.2) is 29.2 Å². The number of alkyl halides is 2. The Kier molecular flexibility index (Phi) is 7.46. The molecule has 1 heterocycles. The van der Waals surface area contributed by atoms with E-state index in [1.54, 1.807) is 0 Å². The number of unbranched alkanes of at least 4 members (excludes halogenated alkanes) is 2. The second kappa shape index (κ2) is 11.3. The number of nitrogens with one attached hydrogen (secondary N) is 1. The van der Waals surface area contributed by atoms with E-state index in [2.05, 4.69) is 5.32 Å². The van der Waals surface area contributed by atoms with Gasteiger partial charge >= 0.3 is 0 Å². The summed E-state index contributed by atoms with van der Waals surface area (Å²) in [4.78, 5) is 39.4. The predicted octanol–water partition coefficient (Wildman–Crippen LogP) is 7.88. The number of aryl methyl sites for hydroxylation is 1. The average Bonchev–Trinajstić information content (AvgIpc) is 3.31. The molecular weight excluding hydrogens is 607 g/mol. The smallest absolute Gasteiger partial charge is 0.235 e. The first-order valence-electron chi connectivity index (χ1n) is 15.3. The summed E-state index contributed by atoms with van der Waals surface area (Å²) in [7, 11) is 0. The molecule has 2 bridgehead atoms. The van der Waals surface area contributed by atoms with Crippen molar-refractivity contribution < 1.29 is 19.1 Å². The van der Waals surface area contributed by atoms with Gasteiger partial charge in [-0.3, -0.25) is 19.3 Å². The quantitative estimate of drug-likeness (QED) is 0.115. The Morgan fingerprint density at radius 3 is 1.78 bits per heavy atom. The standard InChI is InChI=1S/C37H32Cl2N2O4/c1-23-11-4-9-16-30(23)45-25-20-18-24(19-21-25)40-31(42)17-3-2-10-22-41-34(43)32-33(35(41)44)37(39)27-13-6-5-12-26(27)36(32,38)28-14-7-8-15-29(28)37/h4-9,11-16,18-21,32-33H,2-3,10,17,22H2,1H3,(H,40,42)/t32-,33-,36?,37?/m0/s1. The van der Waals surface area contributed by atoms with Crippen molar-refractivity contribution >= 4 is 46.6 Å². The molecule has 4 aliphatic rings. The van der Waals surface area contributed by atoms with E-state index in [9.17, 15) is 14.4 Å².